The molecule has 2 aliphatic rings. The molecule has 0 aromatic heterocycles. The van der Waals surface area contributed by atoms with Crippen LogP contribution in [0.2, 0.25) is 0 Å². The van der Waals surface area contributed by atoms with E-state index in [0.717, 1.165) is 12.8 Å². The van der Waals surface area contributed by atoms with Crippen molar-refractivity contribution >= 4 is 17.5 Å². The van der Waals surface area contributed by atoms with E-state index in [1.54, 1.807) is 28.9 Å². The molecule has 140 valence electrons. The fourth-order valence-electron chi connectivity index (χ4n) is 3.53. The minimum Gasteiger partial charge on any atom is -0.378 e. The highest BCUT2D eigenvalue weighted by molar-refractivity contribution is 5.95. The highest BCUT2D eigenvalue weighted by Crippen LogP contribution is 2.24. The van der Waals surface area contributed by atoms with E-state index in [0.29, 0.717) is 50.5 Å². The maximum atomic E-state index is 12.8. The van der Waals surface area contributed by atoms with E-state index in [1.165, 1.54) is 6.07 Å². The minimum absolute atomic E-state index is 0.0613. The normalized spacial score (nSPS) is 20.7. The molecule has 2 heterocycles. The highest BCUT2D eigenvalue weighted by Gasteiger charge is 2.32. The van der Waals surface area contributed by atoms with Crippen molar-refractivity contribution in [3.05, 3.63) is 39.4 Å². The van der Waals surface area contributed by atoms with Crippen LogP contribution in [0.4, 0.5) is 5.69 Å². The van der Waals surface area contributed by atoms with Gasteiger partial charge in [0.15, 0.2) is 0 Å². The maximum Gasteiger partial charge on any atom is 0.273 e. The van der Waals surface area contributed by atoms with E-state index in [9.17, 15) is 19.7 Å². The SMILES string of the molecule is Cc1ccc(C(=O)N2CCCC(C(=O)N3CCOCC3)C2)cc1[N+](=O)[O-]. The standard InChI is InChI=1S/C18H23N3O5/c1-13-4-5-14(11-16(13)21(24)25)17(22)20-6-2-3-15(12-20)18(23)19-7-9-26-10-8-19/h4-5,11,15H,2-3,6-10,12H2,1H3. The van der Waals surface area contributed by atoms with Crippen molar-refractivity contribution in [1.82, 2.24) is 9.80 Å². The number of piperidine rings is 1. The summed E-state index contributed by atoms with van der Waals surface area (Å²) in [5, 5.41) is 11.1. The number of amides is 2. The van der Waals surface area contributed by atoms with Crippen molar-refractivity contribution in [3.8, 4) is 0 Å². The third-order valence-electron chi connectivity index (χ3n) is 5.03. The summed E-state index contributed by atoms with van der Waals surface area (Å²) in [4.78, 5) is 39.6. The van der Waals surface area contributed by atoms with Crippen LogP contribution in [-0.2, 0) is 9.53 Å². The predicted molar refractivity (Wildman–Crippen MR) is 93.9 cm³/mol. The van der Waals surface area contributed by atoms with Crippen LogP contribution in [0.25, 0.3) is 0 Å². The van der Waals surface area contributed by atoms with Gasteiger partial charge in [-0.05, 0) is 25.8 Å². The third-order valence-corrected chi connectivity index (χ3v) is 5.03. The first kappa shape index (κ1) is 18.3. The van der Waals surface area contributed by atoms with Crippen LogP contribution in [0.3, 0.4) is 0 Å². The zero-order valence-corrected chi connectivity index (χ0v) is 14.8. The van der Waals surface area contributed by atoms with Crippen LogP contribution in [0.15, 0.2) is 18.2 Å². The Kier molecular flexibility index (Phi) is 5.51. The lowest BCUT2D eigenvalue weighted by atomic mass is 9.95. The second-order valence-corrected chi connectivity index (χ2v) is 6.79. The van der Waals surface area contributed by atoms with E-state index >= 15 is 0 Å². The molecule has 0 bridgehead atoms. The third kappa shape index (κ3) is 3.85. The van der Waals surface area contributed by atoms with Gasteiger partial charge in [0.1, 0.15) is 0 Å². The first-order valence-corrected chi connectivity index (χ1v) is 8.88. The number of likely N-dealkylation sites (tertiary alicyclic amines) is 1. The van der Waals surface area contributed by atoms with Crippen molar-refractivity contribution in [2.24, 2.45) is 5.92 Å². The van der Waals surface area contributed by atoms with Gasteiger partial charge in [-0.15, -0.1) is 0 Å². The summed E-state index contributed by atoms with van der Waals surface area (Å²) in [6.07, 6.45) is 1.51. The van der Waals surface area contributed by atoms with E-state index in [2.05, 4.69) is 0 Å². The molecule has 8 heteroatoms. The molecule has 3 rings (SSSR count). The molecule has 8 nitrogen and oxygen atoms in total. The van der Waals surface area contributed by atoms with Crippen LogP contribution < -0.4 is 0 Å². The van der Waals surface area contributed by atoms with E-state index < -0.39 is 4.92 Å². The monoisotopic (exact) mass is 361 g/mol. The van der Waals surface area contributed by atoms with E-state index in [-0.39, 0.29) is 23.4 Å². The van der Waals surface area contributed by atoms with Crippen molar-refractivity contribution < 1.29 is 19.2 Å². The quantitative estimate of drug-likeness (QED) is 0.602. The van der Waals surface area contributed by atoms with Gasteiger partial charge in [0.25, 0.3) is 11.6 Å². The molecule has 1 unspecified atom stereocenters. The Morgan fingerprint density at radius 1 is 1.19 bits per heavy atom. The predicted octanol–water partition coefficient (Wildman–Crippen LogP) is 1.61. The molecular weight excluding hydrogens is 338 g/mol. The number of morpholine rings is 1. The Bertz CT molecular complexity index is 715. The van der Waals surface area contributed by atoms with Gasteiger partial charge in [-0.3, -0.25) is 19.7 Å². The summed E-state index contributed by atoms with van der Waals surface area (Å²) >= 11 is 0. The van der Waals surface area contributed by atoms with Gasteiger partial charge in [0, 0.05) is 43.4 Å². The number of nitrogens with zero attached hydrogens (tertiary/aromatic N) is 3. The van der Waals surface area contributed by atoms with Gasteiger partial charge < -0.3 is 14.5 Å². The topological polar surface area (TPSA) is 93.0 Å². The van der Waals surface area contributed by atoms with Crippen LogP contribution in [0, 0.1) is 23.0 Å². The molecule has 2 fully saturated rings. The average Bonchev–Trinajstić information content (AvgIpc) is 2.68. The zero-order chi connectivity index (χ0) is 18.7. The summed E-state index contributed by atoms with van der Waals surface area (Å²) in [5.41, 5.74) is 0.751. The van der Waals surface area contributed by atoms with Crippen molar-refractivity contribution in [1.29, 1.82) is 0 Å². The first-order chi connectivity index (χ1) is 12.5. The molecule has 0 N–H and O–H groups in total. The molecule has 2 amide bonds. The maximum absolute atomic E-state index is 12.8. The number of rotatable bonds is 3. The molecule has 0 radical (unpaired) electrons. The van der Waals surface area contributed by atoms with Crippen LogP contribution in [0.5, 0.6) is 0 Å². The molecular formula is C18H23N3O5. The summed E-state index contributed by atoms with van der Waals surface area (Å²) in [6, 6.07) is 4.52. The smallest absolute Gasteiger partial charge is 0.273 e. The van der Waals surface area contributed by atoms with Crippen LogP contribution >= 0.6 is 0 Å². The van der Waals surface area contributed by atoms with E-state index in [4.69, 9.17) is 4.74 Å². The summed E-state index contributed by atoms with van der Waals surface area (Å²) in [6.45, 7) is 4.84. The lowest BCUT2D eigenvalue weighted by Gasteiger charge is -2.36. The Morgan fingerprint density at radius 3 is 2.62 bits per heavy atom. The second-order valence-electron chi connectivity index (χ2n) is 6.79. The van der Waals surface area contributed by atoms with Crippen LogP contribution in [-0.4, -0.2) is 65.9 Å². The van der Waals surface area contributed by atoms with Crippen molar-refractivity contribution in [3.63, 3.8) is 0 Å². The molecule has 0 saturated carbocycles. The van der Waals surface area contributed by atoms with Crippen molar-refractivity contribution in [2.45, 2.75) is 19.8 Å². The summed E-state index contributed by atoms with van der Waals surface area (Å²) in [7, 11) is 0. The van der Waals surface area contributed by atoms with Crippen LogP contribution in [0.1, 0.15) is 28.8 Å². The number of carbonyl (C=O) groups is 2. The zero-order valence-electron chi connectivity index (χ0n) is 14.8. The van der Waals surface area contributed by atoms with Gasteiger partial charge >= 0.3 is 0 Å². The Labute approximate surface area is 151 Å². The highest BCUT2D eigenvalue weighted by atomic mass is 16.6. The number of hydrogen-bond acceptors (Lipinski definition) is 5. The molecule has 0 aliphatic carbocycles. The van der Waals surface area contributed by atoms with Gasteiger partial charge in [0.05, 0.1) is 24.1 Å². The molecule has 2 aliphatic heterocycles. The van der Waals surface area contributed by atoms with Crippen molar-refractivity contribution in [2.75, 3.05) is 39.4 Å². The van der Waals surface area contributed by atoms with Gasteiger partial charge in [-0.2, -0.15) is 0 Å². The van der Waals surface area contributed by atoms with Gasteiger partial charge in [-0.1, -0.05) is 6.07 Å². The fourth-order valence-corrected chi connectivity index (χ4v) is 3.53. The summed E-state index contributed by atoms with van der Waals surface area (Å²) in [5.74, 6) is -0.403. The number of benzene rings is 1. The fraction of sp³-hybridized carbons (Fsp3) is 0.556. The molecule has 26 heavy (non-hydrogen) atoms. The number of nitro groups is 1. The van der Waals surface area contributed by atoms with Gasteiger partial charge in [0.2, 0.25) is 5.91 Å². The molecule has 0 spiro atoms. The Balaban J connectivity index is 1.71. The molecule has 1 atom stereocenters. The number of hydrogen-bond donors (Lipinski definition) is 0. The number of carbonyl (C=O) groups excluding carboxylic acids is 2. The first-order valence-electron chi connectivity index (χ1n) is 8.88. The Hall–Kier alpha value is -2.48. The number of aryl methyl sites for hydroxylation is 1. The average molecular weight is 361 g/mol. The molecule has 1 aromatic carbocycles. The minimum atomic E-state index is -0.479. The molecule has 1 aromatic rings. The Morgan fingerprint density at radius 2 is 1.92 bits per heavy atom. The number of ether oxygens (including phenoxy) is 1. The lowest BCUT2D eigenvalue weighted by molar-refractivity contribution is -0.385. The summed E-state index contributed by atoms with van der Waals surface area (Å²) < 4.78 is 5.28. The number of nitro benzene ring substituents is 1. The largest absolute Gasteiger partial charge is 0.378 e. The lowest BCUT2D eigenvalue weighted by Crippen LogP contribution is -2.49. The molecule has 2 saturated heterocycles. The van der Waals surface area contributed by atoms with Gasteiger partial charge in [-0.25, -0.2) is 0 Å². The van der Waals surface area contributed by atoms with E-state index in [1.807, 2.05) is 0 Å². The second kappa shape index (κ2) is 7.82.